The molecule has 0 fully saturated rings. The van der Waals surface area contributed by atoms with Gasteiger partial charge < -0.3 is 10.2 Å². The van der Waals surface area contributed by atoms with Crippen molar-refractivity contribution in [2.24, 2.45) is 5.10 Å². The Morgan fingerprint density at radius 1 is 1.21 bits per heavy atom. The van der Waals surface area contributed by atoms with Crippen LogP contribution in [0.4, 0.5) is 5.13 Å². The molecule has 0 saturated carbocycles. The van der Waals surface area contributed by atoms with Gasteiger partial charge in [0.2, 0.25) is 5.13 Å². The summed E-state index contributed by atoms with van der Waals surface area (Å²) in [6.45, 7) is 2.87. The van der Waals surface area contributed by atoms with Gasteiger partial charge >= 0.3 is 0 Å². The quantitative estimate of drug-likeness (QED) is 0.397. The van der Waals surface area contributed by atoms with Crippen LogP contribution in [0.15, 0.2) is 47.6 Å². The van der Waals surface area contributed by atoms with E-state index in [0.29, 0.717) is 5.56 Å². The molecule has 0 aliphatic rings. The molecule has 2 aromatic carbocycles. The second kappa shape index (κ2) is 7.31. The number of hydrogen-bond acceptors (Lipinski definition) is 6. The number of rotatable bonds is 6. The van der Waals surface area contributed by atoms with Gasteiger partial charge in [0.1, 0.15) is 11.5 Å². The molecule has 0 amide bonds. The van der Waals surface area contributed by atoms with Crippen molar-refractivity contribution in [2.45, 2.75) is 19.8 Å². The molecule has 3 aromatic rings. The second-order valence-corrected chi connectivity index (χ2v) is 6.44. The average molecular weight is 341 g/mol. The minimum atomic E-state index is 0.0799. The summed E-state index contributed by atoms with van der Waals surface area (Å²) in [6, 6.07) is 12.4. The molecular formula is C18H19N3O2S. The predicted molar refractivity (Wildman–Crippen MR) is 99.2 cm³/mol. The summed E-state index contributed by atoms with van der Waals surface area (Å²) in [6.07, 6.45) is 3.59. The van der Waals surface area contributed by atoms with E-state index in [9.17, 15) is 10.2 Å². The van der Waals surface area contributed by atoms with Crippen LogP contribution >= 0.6 is 11.3 Å². The number of nitrogens with zero attached hydrogens (tertiary/aromatic N) is 3. The topological polar surface area (TPSA) is 69.0 Å². The number of hydrazone groups is 1. The van der Waals surface area contributed by atoms with Crippen LogP contribution in [0.5, 0.6) is 11.5 Å². The van der Waals surface area contributed by atoms with Gasteiger partial charge in [-0.15, -0.1) is 0 Å². The molecule has 0 aliphatic carbocycles. The van der Waals surface area contributed by atoms with Crippen molar-refractivity contribution in [3.05, 3.63) is 48.0 Å². The number of hydrogen-bond donors (Lipinski definition) is 2. The van der Waals surface area contributed by atoms with Crippen molar-refractivity contribution in [3.8, 4) is 11.5 Å². The molecule has 0 saturated heterocycles. The van der Waals surface area contributed by atoms with Crippen molar-refractivity contribution in [2.75, 3.05) is 11.6 Å². The number of fused-ring (bicyclic) bond motifs is 1. The summed E-state index contributed by atoms with van der Waals surface area (Å²) in [5.41, 5.74) is 1.42. The van der Waals surface area contributed by atoms with Crippen molar-refractivity contribution < 1.29 is 10.2 Å². The van der Waals surface area contributed by atoms with Gasteiger partial charge in [0.15, 0.2) is 0 Å². The van der Waals surface area contributed by atoms with E-state index >= 15 is 0 Å². The molecular weight excluding hydrogens is 322 g/mol. The highest BCUT2D eigenvalue weighted by Crippen LogP contribution is 2.29. The van der Waals surface area contributed by atoms with Crippen molar-refractivity contribution in [1.82, 2.24) is 4.98 Å². The normalized spacial score (nSPS) is 11.4. The summed E-state index contributed by atoms with van der Waals surface area (Å²) in [5, 5.41) is 26.6. The van der Waals surface area contributed by atoms with Crippen LogP contribution in [0.3, 0.4) is 0 Å². The van der Waals surface area contributed by atoms with Crippen LogP contribution < -0.4 is 5.01 Å². The van der Waals surface area contributed by atoms with Gasteiger partial charge in [-0.3, -0.25) is 0 Å². The van der Waals surface area contributed by atoms with E-state index in [-0.39, 0.29) is 11.5 Å². The van der Waals surface area contributed by atoms with Gasteiger partial charge in [0.25, 0.3) is 0 Å². The Labute approximate surface area is 144 Å². The van der Waals surface area contributed by atoms with Crippen LogP contribution in [-0.4, -0.2) is 28.0 Å². The zero-order chi connectivity index (χ0) is 16.9. The Bertz CT molecular complexity index is 827. The lowest BCUT2D eigenvalue weighted by Gasteiger charge is -2.15. The zero-order valence-electron chi connectivity index (χ0n) is 13.4. The molecule has 0 bridgehead atoms. The molecule has 1 aromatic heterocycles. The number of thiazole rings is 1. The van der Waals surface area contributed by atoms with Gasteiger partial charge in [-0.25, -0.2) is 9.99 Å². The van der Waals surface area contributed by atoms with Crippen molar-refractivity contribution >= 4 is 32.9 Å². The van der Waals surface area contributed by atoms with Crippen LogP contribution in [0.1, 0.15) is 25.3 Å². The third kappa shape index (κ3) is 3.65. The third-order valence-electron chi connectivity index (χ3n) is 3.57. The first-order chi connectivity index (χ1) is 11.7. The lowest BCUT2D eigenvalue weighted by molar-refractivity contribution is 0.459. The molecule has 124 valence electrons. The van der Waals surface area contributed by atoms with Gasteiger partial charge in [0, 0.05) is 12.1 Å². The van der Waals surface area contributed by atoms with Gasteiger partial charge in [-0.2, -0.15) is 5.10 Å². The highest BCUT2D eigenvalue weighted by Gasteiger charge is 2.11. The Balaban J connectivity index is 1.91. The molecule has 3 rings (SSSR count). The lowest BCUT2D eigenvalue weighted by Crippen LogP contribution is -2.17. The molecule has 0 spiro atoms. The molecule has 0 aliphatic heterocycles. The molecule has 0 unspecified atom stereocenters. The van der Waals surface area contributed by atoms with E-state index in [2.05, 4.69) is 17.0 Å². The fourth-order valence-corrected chi connectivity index (χ4v) is 3.21. The highest BCUT2D eigenvalue weighted by molar-refractivity contribution is 7.22. The number of phenols is 2. The van der Waals surface area contributed by atoms with Crippen LogP contribution in [0.25, 0.3) is 10.2 Å². The van der Waals surface area contributed by atoms with Gasteiger partial charge in [-0.05, 0) is 36.8 Å². The van der Waals surface area contributed by atoms with E-state index < -0.39 is 0 Å². The van der Waals surface area contributed by atoms with E-state index in [1.165, 1.54) is 18.2 Å². The SMILES string of the molecule is CCCCN(N=Cc1cc(O)ccc1O)c1nc2ccccc2s1. The second-order valence-electron chi connectivity index (χ2n) is 5.43. The number of aromatic nitrogens is 1. The van der Waals surface area contributed by atoms with Crippen molar-refractivity contribution in [3.63, 3.8) is 0 Å². The van der Waals surface area contributed by atoms with E-state index in [1.807, 2.05) is 29.3 Å². The summed E-state index contributed by atoms with van der Waals surface area (Å²) in [5.74, 6) is 0.172. The highest BCUT2D eigenvalue weighted by atomic mass is 32.1. The maximum absolute atomic E-state index is 9.87. The van der Waals surface area contributed by atoms with Gasteiger partial charge in [-0.1, -0.05) is 36.8 Å². The predicted octanol–water partition coefficient (Wildman–Crippen LogP) is 4.35. The standard InChI is InChI=1S/C18H19N3O2S/c1-2-3-10-21(18-20-15-6-4-5-7-17(15)24-18)19-12-13-11-14(22)8-9-16(13)23/h4-9,11-12,22-23H,2-3,10H2,1H3. The Hall–Kier alpha value is -2.60. The molecule has 5 nitrogen and oxygen atoms in total. The molecule has 24 heavy (non-hydrogen) atoms. The smallest absolute Gasteiger partial charge is 0.207 e. The summed E-state index contributed by atoms with van der Waals surface area (Å²) in [7, 11) is 0. The summed E-state index contributed by atoms with van der Waals surface area (Å²) >= 11 is 1.59. The first-order valence-electron chi connectivity index (χ1n) is 7.86. The fourth-order valence-electron chi connectivity index (χ4n) is 2.26. The average Bonchev–Trinajstić information content (AvgIpc) is 3.01. The Kier molecular flexibility index (Phi) is 4.96. The van der Waals surface area contributed by atoms with Crippen LogP contribution in [0.2, 0.25) is 0 Å². The maximum atomic E-state index is 9.87. The Morgan fingerprint density at radius 2 is 2.04 bits per heavy atom. The zero-order valence-corrected chi connectivity index (χ0v) is 14.2. The monoisotopic (exact) mass is 341 g/mol. The number of phenolic OH excluding ortho intramolecular Hbond substituents is 2. The third-order valence-corrected chi connectivity index (χ3v) is 4.62. The van der Waals surface area contributed by atoms with E-state index in [0.717, 1.165) is 34.7 Å². The van der Waals surface area contributed by atoms with Gasteiger partial charge in [0.05, 0.1) is 16.4 Å². The minimum Gasteiger partial charge on any atom is -0.508 e. The first kappa shape index (κ1) is 16.3. The van der Waals surface area contributed by atoms with E-state index in [1.54, 1.807) is 17.6 Å². The number of anilines is 1. The first-order valence-corrected chi connectivity index (χ1v) is 8.68. The molecule has 0 radical (unpaired) electrons. The van der Waals surface area contributed by atoms with E-state index in [4.69, 9.17) is 0 Å². The molecule has 1 heterocycles. The number of benzene rings is 2. The molecule has 2 N–H and O–H groups in total. The number of aromatic hydroxyl groups is 2. The molecule has 0 atom stereocenters. The fraction of sp³-hybridized carbons (Fsp3) is 0.222. The Morgan fingerprint density at radius 3 is 2.83 bits per heavy atom. The largest absolute Gasteiger partial charge is 0.508 e. The van der Waals surface area contributed by atoms with Crippen LogP contribution in [0, 0.1) is 0 Å². The van der Waals surface area contributed by atoms with Crippen LogP contribution in [-0.2, 0) is 0 Å². The number of unbranched alkanes of at least 4 members (excludes halogenated alkanes) is 1. The maximum Gasteiger partial charge on any atom is 0.207 e. The van der Waals surface area contributed by atoms with Crippen molar-refractivity contribution in [1.29, 1.82) is 0 Å². The summed E-state index contributed by atoms with van der Waals surface area (Å²) < 4.78 is 1.12. The molecule has 6 heteroatoms. The number of para-hydroxylation sites is 1. The summed E-state index contributed by atoms with van der Waals surface area (Å²) in [4.78, 5) is 4.64. The minimum absolute atomic E-state index is 0.0799. The lowest BCUT2D eigenvalue weighted by atomic mass is 10.2.